The first-order valence-corrected chi connectivity index (χ1v) is 13.7. The Morgan fingerprint density at radius 2 is 1.51 bits per heavy atom. The molecule has 9 N–H and O–H groups in total. The number of carbonyl (C=O) groups excluding carboxylic acids is 8. The van der Waals surface area contributed by atoms with E-state index in [1.807, 2.05) is 0 Å². The largest absolute Gasteiger partial charge is 0.368 e. The fourth-order valence-electron chi connectivity index (χ4n) is 3.86. The normalized spacial score (nSPS) is 21.3. The third-order valence-corrected chi connectivity index (χ3v) is 6.35. The van der Waals surface area contributed by atoms with E-state index in [0.717, 1.165) is 0 Å². The van der Waals surface area contributed by atoms with E-state index in [1.54, 1.807) is 24.3 Å². The molecule has 1 saturated heterocycles. The number of carbonyl (C=O) groups is 8. The lowest BCUT2D eigenvalue weighted by atomic mass is 10.1. The molecule has 0 unspecified atom stereocenters. The molecule has 2 rings (SSSR count). The summed E-state index contributed by atoms with van der Waals surface area (Å²) in [5, 5.41) is 17.3. The highest BCUT2D eigenvalue weighted by molar-refractivity contribution is 6.30. The van der Waals surface area contributed by atoms with Gasteiger partial charge in [0.1, 0.15) is 18.1 Å². The summed E-state index contributed by atoms with van der Waals surface area (Å²) in [7, 11) is 0. The van der Waals surface area contributed by atoms with Gasteiger partial charge in [-0.1, -0.05) is 23.7 Å². The van der Waals surface area contributed by atoms with Crippen LogP contribution in [-0.4, -0.2) is 91.6 Å². The third-order valence-electron chi connectivity index (χ3n) is 6.09. The average molecular weight is 623 g/mol. The Balaban J connectivity index is 2.24. The number of hydrogen-bond acceptors (Lipinski definition) is 8. The van der Waals surface area contributed by atoms with Crippen LogP contribution in [0.4, 0.5) is 0 Å². The first kappa shape index (κ1) is 34.5. The summed E-state index contributed by atoms with van der Waals surface area (Å²) in [4.78, 5) is 98.6. The maximum Gasteiger partial charge on any atom is 0.243 e. The molecular formula is C26H35ClN8O8. The highest BCUT2D eigenvalue weighted by Gasteiger charge is 2.26. The number of nitrogens with two attached hydrogens (primary N) is 1. The van der Waals surface area contributed by atoms with Gasteiger partial charge in [0, 0.05) is 31.3 Å². The molecular weight excluding hydrogens is 588 g/mol. The van der Waals surface area contributed by atoms with Crippen LogP contribution in [0.25, 0.3) is 0 Å². The average Bonchev–Trinajstić information content (AvgIpc) is 2.95. The smallest absolute Gasteiger partial charge is 0.243 e. The van der Waals surface area contributed by atoms with Crippen LogP contribution in [0.2, 0.25) is 5.02 Å². The SMILES string of the molecule is CC(=O)NCC(=O)N[C@H]1CCC(=O)NCC[C@@H](C(N)=O)NC(=O)CNC(=O)[C@@H](Cc2ccc(Cl)cc2)NC(=O)CNC1=O. The zero-order valence-corrected chi connectivity index (χ0v) is 24.2. The summed E-state index contributed by atoms with van der Waals surface area (Å²) in [6, 6.07) is 2.88. The van der Waals surface area contributed by atoms with E-state index in [0.29, 0.717) is 10.6 Å². The van der Waals surface area contributed by atoms with Crippen molar-refractivity contribution in [2.24, 2.45) is 5.73 Å². The molecule has 0 bridgehead atoms. The van der Waals surface area contributed by atoms with E-state index < -0.39 is 85.0 Å². The molecule has 1 aliphatic rings. The first-order valence-electron chi connectivity index (χ1n) is 13.3. The van der Waals surface area contributed by atoms with Gasteiger partial charge in [-0.05, 0) is 30.5 Å². The predicted octanol–water partition coefficient (Wildman–Crippen LogP) is -3.51. The summed E-state index contributed by atoms with van der Waals surface area (Å²) in [6.07, 6.45) is -0.472. The zero-order chi connectivity index (χ0) is 31.9. The molecule has 1 aromatic carbocycles. The second-order valence-electron chi connectivity index (χ2n) is 9.62. The second-order valence-corrected chi connectivity index (χ2v) is 10.1. The summed E-state index contributed by atoms with van der Waals surface area (Å²) < 4.78 is 0. The quantitative estimate of drug-likeness (QED) is 0.158. The van der Waals surface area contributed by atoms with Crippen molar-refractivity contribution in [1.82, 2.24) is 37.2 Å². The highest BCUT2D eigenvalue weighted by Crippen LogP contribution is 2.11. The van der Waals surface area contributed by atoms with Crippen LogP contribution in [0.3, 0.4) is 0 Å². The minimum Gasteiger partial charge on any atom is -0.368 e. The van der Waals surface area contributed by atoms with Gasteiger partial charge in [0.25, 0.3) is 0 Å². The molecule has 1 aliphatic heterocycles. The molecule has 234 valence electrons. The van der Waals surface area contributed by atoms with Crippen molar-refractivity contribution in [1.29, 1.82) is 0 Å². The lowest BCUT2D eigenvalue weighted by molar-refractivity contribution is -0.132. The van der Waals surface area contributed by atoms with Crippen molar-refractivity contribution < 1.29 is 38.4 Å². The molecule has 43 heavy (non-hydrogen) atoms. The highest BCUT2D eigenvalue weighted by atomic mass is 35.5. The van der Waals surface area contributed by atoms with Gasteiger partial charge in [0.2, 0.25) is 47.3 Å². The Morgan fingerprint density at radius 1 is 0.884 bits per heavy atom. The van der Waals surface area contributed by atoms with Crippen molar-refractivity contribution in [3.8, 4) is 0 Å². The maximum atomic E-state index is 13.0. The van der Waals surface area contributed by atoms with Gasteiger partial charge in [0.05, 0.1) is 19.6 Å². The van der Waals surface area contributed by atoms with Crippen LogP contribution in [0.1, 0.15) is 31.7 Å². The predicted molar refractivity (Wildman–Crippen MR) is 152 cm³/mol. The van der Waals surface area contributed by atoms with Crippen LogP contribution >= 0.6 is 11.6 Å². The van der Waals surface area contributed by atoms with Gasteiger partial charge in [-0.3, -0.25) is 38.4 Å². The number of hydrogen-bond donors (Lipinski definition) is 8. The minimum atomic E-state index is -1.26. The summed E-state index contributed by atoms with van der Waals surface area (Å²) >= 11 is 5.93. The molecule has 0 aliphatic carbocycles. The van der Waals surface area contributed by atoms with E-state index in [4.69, 9.17) is 17.3 Å². The Hall–Kier alpha value is -4.73. The van der Waals surface area contributed by atoms with Crippen LogP contribution in [-0.2, 0) is 44.8 Å². The number of halogens is 1. The third kappa shape index (κ3) is 13.2. The van der Waals surface area contributed by atoms with Crippen LogP contribution < -0.4 is 43.0 Å². The van der Waals surface area contributed by atoms with Gasteiger partial charge < -0.3 is 43.0 Å². The van der Waals surface area contributed by atoms with Gasteiger partial charge >= 0.3 is 0 Å². The Bertz CT molecular complexity index is 1230. The number of benzene rings is 1. The summed E-state index contributed by atoms with van der Waals surface area (Å²) in [5.74, 6) is -5.60. The fraction of sp³-hybridized carbons (Fsp3) is 0.462. The van der Waals surface area contributed by atoms with E-state index in [1.165, 1.54) is 6.92 Å². The van der Waals surface area contributed by atoms with Gasteiger partial charge in [-0.15, -0.1) is 0 Å². The molecule has 1 heterocycles. The van der Waals surface area contributed by atoms with Gasteiger partial charge in [0.15, 0.2) is 0 Å². The molecule has 0 saturated carbocycles. The van der Waals surface area contributed by atoms with Crippen molar-refractivity contribution in [3.05, 3.63) is 34.9 Å². The Labute approximate surface area is 252 Å². The standard InChI is InChI=1S/C26H35ClN8O8/c1-14(36)30-11-21(38)34-18-6-7-20(37)29-9-8-17(24(28)41)33-22(39)12-32-26(43)19(35-23(40)13-31-25(18)42)10-15-2-4-16(27)5-3-15/h2-5,17-19H,6-13H2,1H3,(H2,28,41)(H,29,37)(H,30,36)(H,31,42)(H,32,43)(H,33,39)(H,34,38)(H,35,40)/t17-,18-,19+/m0/s1. The second kappa shape index (κ2) is 17.3. The topological polar surface area (TPSA) is 247 Å². The molecule has 17 heteroatoms. The number of primary amides is 1. The Morgan fingerprint density at radius 3 is 2.14 bits per heavy atom. The minimum absolute atomic E-state index is 0.00380. The number of amides is 8. The first-order chi connectivity index (χ1) is 20.3. The fourth-order valence-corrected chi connectivity index (χ4v) is 3.99. The molecule has 1 aromatic rings. The monoisotopic (exact) mass is 622 g/mol. The molecule has 8 amide bonds. The lowest BCUT2D eigenvalue weighted by Gasteiger charge is -2.20. The zero-order valence-electron chi connectivity index (χ0n) is 23.4. The van der Waals surface area contributed by atoms with Crippen molar-refractivity contribution in [2.75, 3.05) is 26.2 Å². The maximum absolute atomic E-state index is 13.0. The molecule has 0 radical (unpaired) electrons. The van der Waals surface area contributed by atoms with Crippen LogP contribution in [0, 0.1) is 0 Å². The lowest BCUT2D eigenvalue weighted by Crippen LogP contribution is -2.54. The van der Waals surface area contributed by atoms with Crippen LogP contribution in [0.5, 0.6) is 0 Å². The summed E-state index contributed by atoms with van der Waals surface area (Å²) in [5.41, 5.74) is 5.99. The van der Waals surface area contributed by atoms with Crippen LogP contribution in [0.15, 0.2) is 24.3 Å². The van der Waals surface area contributed by atoms with E-state index in [-0.39, 0.29) is 32.2 Å². The van der Waals surface area contributed by atoms with Crippen molar-refractivity contribution in [3.63, 3.8) is 0 Å². The molecule has 1 fully saturated rings. The number of rotatable bonds is 6. The molecule has 0 spiro atoms. The van der Waals surface area contributed by atoms with Gasteiger partial charge in [-0.2, -0.15) is 0 Å². The molecule has 3 atom stereocenters. The Kier molecular flexibility index (Phi) is 13.9. The van der Waals surface area contributed by atoms with Gasteiger partial charge in [-0.25, -0.2) is 0 Å². The van der Waals surface area contributed by atoms with Crippen molar-refractivity contribution in [2.45, 2.75) is 50.7 Å². The van der Waals surface area contributed by atoms with E-state index in [2.05, 4.69) is 37.2 Å². The number of nitrogens with one attached hydrogen (secondary N) is 7. The molecule has 16 nitrogen and oxygen atoms in total. The van der Waals surface area contributed by atoms with Crippen molar-refractivity contribution >= 4 is 58.9 Å². The summed E-state index contributed by atoms with van der Waals surface area (Å²) in [6.45, 7) is -0.414. The van der Waals surface area contributed by atoms with E-state index >= 15 is 0 Å². The van der Waals surface area contributed by atoms with E-state index in [9.17, 15) is 38.4 Å². The molecule has 0 aromatic heterocycles.